The third-order valence-corrected chi connectivity index (χ3v) is 12.2. The molecule has 268 valence electrons. The van der Waals surface area contributed by atoms with Gasteiger partial charge in [-0.15, -0.1) is 23.5 Å². The fourth-order valence-electron chi connectivity index (χ4n) is 6.51. The van der Waals surface area contributed by atoms with E-state index in [2.05, 4.69) is 93.7 Å². The van der Waals surface area contributed by atoms with E-state index in [0.29, 0.717) is 17.9 Å². The van der Waals surface area contributed by atoms with Crippen molar-refractivity contribution in [3.05, 3.63) is 149 Å². The van der Waals surface area contributed by atoms with E-state index in [-0.39, 0.29) is 36.6 Å². The molecule has 0 spiro atoms. The van der Waals surface area contributed by atoms with E-state index >= 15 is 0 Å². The molecule has 3 aromatic carbocycles. The average molecular weight is 732 g/mol. The van der Waals surface area contributed by atoms with Crippen LogP contribution in [0.2, 0.25) is 0 Å². The van der Waals surface area contributed by atoms with Gasteiger partial charge in [0.15, 0.2) is 0 Å². The number of allylic oxidation sites excluding steroid dienone is 1. The minimum atomic E-state index is -1.02. The van der Waals surface area contributed by atoms with Crippen molar-refractivity contribution < 1.29 is 14.4 Å². The maximum Gasteiger partial charge on any atom is 0.249 e. The minimum Gasteiger partial charge on any atom is -0.350 e. The number of aliphatic imine (C=N–C) groups is 1. The predicted molar refractivity (Wildman–Crippen MR) is 212 cm³/mol. The number of pyridine rings is 1. The number of carbonyl (C=O) groups is 3. The second-order valence-electron chi connectivity index (χ2n) is 13.7. The zero-order valence-corrected chi connectivity index (χ0v) is 31.4. The van der Waals surface area contributed by atoms with Gasteiger partial charge in [-0.3, -0.25) is 24.4 Å². The van der Waals surface area contributed by atoms with Crippen molar-refractivity contribution in [2.24, 2.45) is 10.9 Å². The molecule has 10 heteroatoms. The van der Waals surface area contributed by atoms with E-state index in [4.69, 9.17) is 4.99 Å². The molecule has 1 aromatic heterocycles. The maximum atomic E-state index is 13.8. The molecule has 0 saturated heterocycles. The number of amides is 3. The first-order chi connectivity index (χ1) is 25.2. The topological polar surface area (TPSA) is 113 Å². The molecular weight excluding hydrogens is 687 g/mol. The van der Waals surface area contributed by atoms with Gasteiger partial charge in [0.1, 0.15) is 11.6 Å². The summed E-state index contributed by atoms with van der Waals surface area (Å²) in [6.07, 6.45) is 6.37. The lowest BCUT2D eigenvalue weighted by molar-refractivity contribution is -0.132. The molecule has 3 heterocycles. The first kappa shape index (κ1) is 37.1. The number of hydrogen-bond donors (Lipinski definition) is 3. The standard InChI is InChI=1S/C42H45N5O3S2/c1-29(2)37-38(49)45-34(26-36(48)44-27-35-25-30(22-23-43-35)39-47-41(3,28-51-39)40(50)46-37)21-13-14-24-52-42(31-15-7-4-8-16-31,32-17-9-5-10-18-32)33-19-11-6-12-20-33/h4-13,15-23,25,29,34,37H,14,24,26-28H2,1-3H3,(H,44,48)(H,45,49)(H,46,50)/b21-13+/t34-,37+,41+/m1/s1. The van der Waals surface area contributed by atoms with Crippen LogP contribution in [0.25, 0.3) is 0 Å². The molecule has 0 aliphatic carbocycles. The van der Waals surface area contributed by atoms with Crippen LogP contribution in [0.15, 0.2) is 126 Å². The molecule has 0 saturated carbocycles. The second kappa shape index (κ2) is 16.8. The van der Waals surface area contributed by atoms with Gasteiger partial charge >= 0.3 is 0 Å². The molecule has 0 fully saturated rings. The Bertz CT molecular complexity index is 1820. The lowest BCUT2D eigenvalue weighted by atomic mass is 9.84. The van der Waals surface area contributed by atoms with Gasteiger partial charge in [0.05, 0.1) is 34.5 Å². The van der Waals surface area contributed by atoms with Gasteiger partial charge in [0.25, 0.3) is 0 Å². The summed E-state index contributed by atoms with van der Waals surface area (Å²) in [7, 11) is 0. The number of fused-ring (bicyclic) bond motifs is 4. The summed E-state index contributed by atoms with van der Waals surface area (Å²) in [6.45, 7) is 5.83. The molecular formula is C42H45N5O3S2. The van der Waals surface area contributed by atoms with Crippen LogP contribution in [0.5, 0.6) is 0 Å². The van der Waals surface area contributed by atoms with E-state index in [1.807, 2.05) is 68.1 Å². The molecule has 4 aromatic rings. The number of rotatable bonds is 9. The lowest BCUT2D eigenvalue weighted by Crippen LogP contribution is -2.56. The molecule has 3 atom stereocenters. The highest BCUT2D eigenvalue weighted by molar-refractivity contribution is 8.14. The number of nitrogens with zero attached hydrogens (tertiary/aromatic N) is 2. The Morgan fingerprint density at radius 1 is 0.904 bits per heavy atom. The molecule has 2 aliphatic heterocycles. The third kappa shape index (κ3) is 8.51. The van der Waals surface area contributed by atoms with E-state index in [0.717, 1.165) is 16.4 Å². The van der Waals surface area contributed by atoms with Crippen LogP contribution in [-0.2, 0) is 25.7 Å². The number of carbonyl (C=O) groups excluding carboxylic acids is 3. The summed E-state index contributed by atoms with van der Waals surface area (Å²) in [5, 5.41) is 9.76. The van der Waals surface area contributed by atoms with E-state index in [1.165, 1.54) is 28.5 Å². The van der Waals surface area contributed by atoms with E-state index < -0.39 is 22.4 Å². The Balaban J connectivity index is 1.24. The number of thioether (sulfide) groups is 2. The number of benzene rings is 3. The van der Waals surface area contributed by atoms with Gasteiger partial charge in [-0.1, -0.05) is 117 Å². The van der Waals surface area contributed by atoms with Gasteiger partial charge < -0.3 is 16.0 Å². The van der Waals surface area contributed by atoms with Crippen LogP contribution in [-0.4, -0.2) is 56.9 Å². The molecule has 3 amide bonds. The average Bonchev–Trinajstić information content (AvgIpc) is 3.58. The maximum absolute atomic E-state index is 13.8. The summed E-state index contributed by atoms with van der Waals surface area (Å²) < 4.78 is -0.443. The molecule has 4 bridgehead atoms. The third-order valence-electron chi connectivity index (χ3n) is 9.34. The summed E-state index contributed by atoms with van der Waals surface area (Å²) in [6, 6.07) is 34.1. The summed E-state index contributed by atoms with van der Waals surface area (Å²) in [4.78, 5) is 49.9. The SMILES string of the molecule is CC(C)[C@@H]1NC(=O)[C@]2(C)CSC(=N2)c2ccnc(c2)CNC(=O)C[C@@H](/C=C/CCSC(c2ccccc2)(c2ccccc2)c2ccccc2)NC1=O. The lowest BCUT2D eigenvalue weighted by Gasteiger charge is -2.35. The van der Waals surface area contributed by atoms with Crippen LogP contribution in [0.1, 0.15) is 61.6 Å². The van der Waals surface area contributed by atoms with Crippen molar-refractivity contribution in [3.63, 3.8) is 0 Å². The van der Waals surface area contributed by atoms with Crippen molar-refractivity contribution in [1.82, 2.24) is 20.9 Å². The first-order valence-corrected chi connectivity index (χ1v) is 19.7. The zero-order chi connectivity index (χ0) is 36.6. The van der Waals surface area contributed by atoms with Gasteiger partial charge in [-0.2, -0.15) is 0 Å². The Morgan fingerprint density at radius 3 is 2.12 bits per heavy atom. The number of hydrogen-bond acceptors (Lipinski definition) is 7. The monoisotopic (exact) mass is 731 g/mol. The van der Waals surface area contributed by atoms with Gasteiger partial charge in [0.2, 0.25) is 17.7 Å². The zero-order valence-electron chi connectivity index (χ0n) is 29.8. The smallest absolute Gasteiger partial charge is 0.249 e. The Labute approximate surface area is 314 Å². The molecule has 6 rings (SSSR count). The van der Waals surface area contributed by atoms with E-state index in [1.54, 1.807) is 13.1 Å². The van der Waals surface area contributed by atoms with Crippen molar-refractivity contribution in [2.45, 2.75) is 62.5 Å². The van der Waals surface area contributed by atoms with Crippen molar-refractivity contribution in [2.75, 3.05) is 11.5 Å². The predicted octanol–water partition coefficient (Wildman–Crippen LogP) is 6.65. The number of nitrogens with one attached hydrogen (secondary N) is 3. The van der Waals surface area contributed by atoms with Crippen molar-refractivity contribution in [3.8, 4) is 0 Å². The fourth-order valence-corrected chi connectivity index (χ4v) is 9.15. The molecule has 0 unspecified atom stereocenters. The summed E-state index contributed by atoms with van der Waals surface area (Å²) in [5.74, 6) is 0.181. The molecule has 0 radical (unpaired) electrons. The second-order valence-corrected chi connectivity index (χ2v) is 15.9. The minimum absolute atomic E-state index is 0.0378. The van der Waals surface area contributed by atoms with Crippen LogP contribution < -0.4 is 16.0 Å². The van der Waals surface area contributed by atoms with Crippen LogP contribution >= 0.6 is 23.5 Å². The highest BCUT2D eigenvalue weighted by Gasteiger charge is 2.41. The largest absolute Gasteiger partial charge is 0.350 e. The molecule has 2 aliphatic rings. The summed E-state index contributed by atoms with van der Waals surface area (Å²) >= 11 is 3.36. The van der Waals surface area contributed by atoms with Gasteiger partial charge in [0, 0.05) is 17.5 Å². The highest BCUT2D eigenvalue weighted by Crippen LogP contribution is 2.48. The van der Waals surface area contributed by atoms with Crippen LogP contribution in [0.4, 0.5) is 0 Å². The summed E-state index contributed by atoms with van der Waals surface area (Å²) in [5.41, 5.74) is 4.09. The van der Waals surface area contributed by atoms with Crippen molar-refractivity contribution >= 4 is 46.3 Å². The Kier molecular flexibility index (Phi) is 12.0. The van der Waals surface area contributed by atoms with Gasteiger partial charge in [-0.05, 0) is 53.8 Å². The molecule has 52 heavy (non-hydrogen) atoms. The van der Waals surface area contributed by atoms with Crippen molar-refractivity contribution in [1.29, 1.82) is 0 Å². The quantitative estimate of drug-likeness (QED) is 0.101. The van der Waals surface area contributed by atoms with Crippen LogP contribution in [0.3, 0.4) is 0 Å². The highest BCUT2D eigenvalue weighted by atomic mass is 32.2. The molecule has 8 nitrogen and oxygen atoms in total. The van der Waals surface area contributed by atoms with E-state index in [9.17, 15) is 14.4 Å². The first-order valence-electron chi connectivity index (χ1n) is 17.7. The van der Waals surface area contributed by atoms with Crippen LogP contribution in [0, 0.1) is 5.92 Å². The number of aromatic nitrogens is 1. The Morgan fingerprint density at radius 2 is 1.52 bits per heavy atom. The normalized spacial score (nSPS) is 21.4. The fraction of sp³-hybridized carbons (Fsp3) is 0.310. The van der Waals surface area contributed by atoms with Gasteiger partial charge in [-0.25, -0.2) is 0 Å². The Hall–Kier alpha value is -4.67. The molecule has 3 N–H and O–H groups in total.